The number of nitrogens with zero attached hydrogens (tertiary/aromatic N) is 3. The molecule has 2 rings (SSSR count). The number of anilines is 1. The zero-order chi connectivity index (χ0) is 14.0. The molecule has 1 unspecified atom stereocenters. The Kier molecular flexibility index (Phi) is 4.02. The molecule has 1 aromatic heterocycles. The molecule has 1 amide bonds. The van der Waals surface area contributed by atoms with Crippen LogP contribution in [-0.2, 0) is 0 Å². The van der Waals surface area contributed by atoms with E-state index in [1.807, 2.05) is 18.7 Å². The molecule has 0 bridgehead atoms. The Morgan fingerprint density at radius 3 is 2.84 bits per heavy atom. The van der Waals surface area contributed by atoms with Gasteiger partial charge in [-0.15, -0.1) is 0 Å². The summed E-state index contributed by atoms with van der Waals surface area (Å²) in [5.74, 6) is 0.794. The summed E-state index contributed by atoms with van der Waals surface area (Å²) in [6, 6.07) is 0.262. The van der Waals surface area contributed by atoms with Crippen molar-refractivity contribution in [3.63, 3.8) is 0 Å². The smallest absolute Gasteiger partial charge is 0.274 e. The number of nitrogens with two attached hydrogens (primary N) is 1. The molecule has 2 N–H and O–H groups in total. The van der Waals surface area contributed by atoms with E-state index in [9.17, 15) is 4.79 Å². The second kappa shape index (κ2) is 5.55. The molecule has 0 aromatic carbocycles. The van der Waals surface area contributed by atoms with Crippen LogP contribution in [0.25, 0.3) is 0 Å². The molecular formula is C14H22N4O. The van der Waals surface area contributed by atoms with Gasteiger partial charge in [0.2, 0.25) is 0 Å². The van der Waals surface area contributed by atoms with Gasteiger partial charge in [-0.3, -0.25) is 4.79 Å². The van der Waals surface area contributed by atoms with Crippen molar-refractivity contribution in [3.8, 4) is 0 Å². The van der Waals surface area contributed by atoms with E-state index in [2.05, 4.69) is 16.9 Å². The summed E-state index contributed by atoms with van der Waals surface area (Å²) in [4.78, 5) is 23.0. The molecule has 2 heterocycles. The largest absolute Gasteiger partial charge is 0.396 e. The first-order valence-electron chi connectivity index (χ1n) is 6.94. The van der Waals surface area contributed by atoms with Gasteiger partial charge in [0.05, 0.1) is 11.9 Å². The van der Waals surface area contributed by atoms with Crippen LogP contribution in [0.3, 0.4) is 0 Å². The van der Waals surface area contributed by atoms with Crippen molar-refractivity contribution in [2.45, 2.75) is 52.0 Å². The molecule has 0 radical (unpaired) electrons. The maximum Gasteiger partial charge on any atom is 0.274 e. The van der Waals surface area contributed by atoms with Crippen LogP contribution in [-0.4, -0.2) is 33.4 Å². The zero-order valence-electron chi connectivity index (χ0n) is 11.9. The van der Waals surface area contributed by atoms with Crippen LogP contribution in [0.2, 0.25) is 0 Å². The lowest BCUT2D eigenvalue weighted by Gasteiger charge is -2.33. The average molecular weight is 262 g/mol. The highest BCUT2D eigenvalue weighted by Gasteiger charge is 2.27. The first-order chi connectivity index (χ1) is 9.00. The summed E-state index contributed by atoms with van der Waals surface area (Å²) >= 11 is 0. The molecule has 1 fully saturated rings. The summed E-state index contributed by atoms with van der Waals surface area (Å²) in [6.45, 7) is 6.88. The minimum atomic E-state index is -0.0611. The van der Waals surface area contributed by atoms with E-state index in [1.165, 1.54) is 6.42 Å². The molecule has 1 atom stereocenters. The minimum absolute atomic E-state index is 0.0611. The number of hydrogen-bond donors (Lipinski definition) is 1. The van der Waals surface area contributed by atoms with Crippen molar-refractivity contribution in [2.75, 3.05) is 12.3 Å². The van der Waals surface area contributed by atoms with Crippen molar-refractivity contribution in [3.05, 3.63) is 17.7 Å². The summed E-state index contributed by atoms with van der Waals surface area (Å²) in [5, 5.41) is 0. The van der Waals surface area contributed by atoms with Crippen LogP contribution < -0.4 is 5.73 Å². The van der Waals surface area contributed by atoms with Gasteiger partial charge >= 0.3 is 0 Å². The van der Waals surface area contributed by atoms with Gasteiger partial charge < -0.3 is 10.6 Å². The number of likely N-dealkylation sites (tertiary alicyclic amines) is 1. The molecular weight excluding hydrogens is 240 g/mol. The van der Waals surface area contributed by atoms with Gasteiger partial charge in [-0.25, -0.2) is 9.97 Å². The number of carbonyl (C=O) groups is 1. The number of carbonyl (C=O) groups excluding carboxylic acids is 1. The molecule has 0 aliphatic carbocycles. The lowest BCUT2D eigenvalue weighted by atomic mass is 10.0. The SMILES string of the molecule is CC(C)c1ncc(N)c(C(=O)N2CCCCC2C)n1. The molecule has 1 aliphatic heterocycles. The Balaban J connectivity index is 2.29. The van der Waals surface area contributed by atoms with Gasteiger partial charge in [0.15, 0.2) is 5.69 Å². The Hall–Kier alpha value is -1.65. The second-order valence-electron chi connectivity index (χ2n) is 5.53. The minimum Gasteiger partial charge on any atom is -0.396 e. The molecule has 0 spiro atoms. The van der Waals surface area contributed by atoms with E-state index >= 15 is 0 Å². The van der Waals surface area contributed by atoms with Gasteiger partial charge in [-0.2, -0.15) is 0 Å². The third-order valence-electron chi connectivity index (χ3n) is 3.62. The molecule has 19 heavy (non-hydrogen) atoms. The summed E-state index contributed by atoms with van der Waals surface area (Å²) < 4.78 is 0. The molecule has 5 nitrogen and oxygen atoms in total. The third kappa shape index (κ3) is 2.85. The number of nitrogen functional groups attached to an aromatic ring is 1. The highest BCUT2D eigenvalue weighted by Crippen LogP contribution is 2.21. The lowest BCUT2D eigenvalue weighted by molar-refractivity contribution is 0.0630. The van der Waals surface area contributed by atoms with E-state index in [1.54, 1.807) is 6.20 Å². The Labute approximate surface area is 114 Å². The van der Waals surface area contributed by atoms with E-state index in [0.29, 0.717) is 17.2 Å². The van der Waals surface area contributed by atoms with Crippen LogP contribution in [0.5, 0.6) is 0 Å². The van der Waals surface area contributed by atoms with E-state index in [4.69, 9.17) is 5.73 Å². The second-order valence-corrected chi connectivity index (χ2v) is 5.53. The number of amides is 1. The van der Waals surface area contributed by atoms with E-state index in [-0.39, 0.29) is 17.9 Å². The third-order valence-corrected chi connectivity index (χ3v) is 3.62. The highest BCUT2D eigenvalue weighted by molar-refractivity contribution is 5.97. The van der Waals surface area contributed by atoms with Gasteiger partial charge in [-0.05, 0) is 26.2 Å². The Morgan fingerprint density at radius 1 is 1.47 bits per heavy atom. The summed E-state index contributed by atoms with van der Waals surface area (Å²) in [6.07, 6.45) is 4.83. The topological polar surface area (TPSA) is 72.1 Å². The van der Waals surface area contributed by atoms with Gasteiger partial charge in [-0.1, -0.05) is 13.8 Å². The number of hydrogen-bond acceptors (Lipinski definition) is 4. The zero-order valence-corrected chi connectivity index (χ0v) is 11.9. The maximum atomic E-state index is 12.6. The van der Waals surface area contributed by atoms with Crippen LogP contribution in [0.4, 0.5) is 5.69 Å². The summed E-state index contributed by atoms with van der Waals surface area (Å²) in [5.41, 5.74) is 6.59. The fourth-order valence-electron chi connectivity index (χ4n) is 2.39. The Bertz CT molecular complexity index is 473. The van der Waals surface area contributed by atoms with Gasteiger partial charge in [0.1, 0.15) is 5.82 Å². The normalized spacial score (nSPS) is 19.8. The average Bonchev–Trinajstić information content (AvgIpc) is 2.38. The molecule has 1 aliphatic rings. The van der Waals surface area contributed by atoms with Gasteiger partial charge in [0, 0.05) is 18.5 Å². The van der Waals surface area contributed by atoms with E-state index < -0.39 is 0 Å². The molecule has 0 saturated carbocycles. The number of aromatic nitrogens is 2. The predicted octanol–water partition coefficient (Wildman–Crippen LogP) is 2.20. The van der Waals surface area contributed by atoms with Crippen molar-refractivity contribution in [1.29, 1.82) is 0 Å². The van der Waals surface area contributed by atoms with Crippen molar-refractivity contribution >= 4 is 11.6 Å². The molecule has 1 saturated heterocycles. The predicted molar refractivity (Wildman–Crippen MR) is 74.9 cm³/mol. The number of piperidine rings is 1. The summed E-state index contributed by atoms with van der Waals surface area (Å²) in [7, 11) is 0. The molecule has 1 aromatic rings. The Morgan fingerprint density at radius 2 is 2.21 bits per heavy atom. The molecule has 104 valence electrons. The fraction of sp³-hybridized carbons (Fsp3) is 0.643. The van der Waals surface area contributed by atoms with Crippen molar-refractivity contribution < 1.29 is 4.79 Å². The standard InChI is InChI=1S/C14H22N4O/c1-9(2)13-16-8-11(15)12(17-13)14(19)18-7-5-4-6-10(18)3/h8-10H,4-7,15H2,1-3H3. The first-order valence-corrected chi connectivity index (χ1v) is 6.94. The van der Waals surface area contributed by atoms with Crippen molar-refractivity contribution in [2.24, 2.45) is 0 Å². The highest BCUT2D eigenvalue weighted by atomic mass is 16.2. The maximum absolute atomic E-state index is 12.6. The quantitative estimate of drug-likeness (QED) is 0.886. The van der Waals surface area contributed by atoms with Crippen LogP contribution >= 0.6 is 0 Å². The number of rotatable bonds is 2. The van der Waals surface area contributed by atoms with Crippen LogP contribution in [0.1, 0.15) is 62.3 Å². The first kappa shape index (κ1) is 13.8. The monoisotopic (exact) mass is 262 g/mol. The van der Waals surface area contributed by atoms with Gasteiger partial charge in [0.25, 0.3) is 5.91 Å². The molecule has 5 heteroatoms. The van der Waals surface area contributed by atoms with Crippen LogP contribution in [0, 0.1) is 0 Å². The van der Waals surface area contributed by atoms with E-state index in [0.717, 1.165) is 19.4 Å². The van der Waals surface area contributed by atoms with Crippen LogP contribution in [0.15, 0.2) is 6.20 Å². The fourth-order valence-corrected chi connectivity index (χ4v) is 2.39. The lowest BCUT2D eigenvalue weighted by Crippen LogP contribution is -2.42. The van der Waals surface area contributed by atoms with Crippen molar-refractivity contribution in [1.82, 2.24) is 14.9 Å².